The molecule has 0 saturated heterocycles. The summed E-state index contributed by atoms with van der Waals surface area (Å²) in [5.41, 5.74) is 1.16. The van der Waals surface area contributed by atoms with Gasteiger partial charge in [0.25, 0.3) is 0 Å². The van der Waals surface area contributed by atoms with Gasteiger partial charge in [-0.25, -0.2) is 0 Å². The van der Waals surface area contributed by atoms with Crippen LogP contribution in [-0.4, -0.2) is 5.78 Å². The van der Waals surface area contributed by atoms with Gasteiger partial charge < -0.3 is 0 Å². The first-order valence-corrected chi connectivity index (χ1v) is 8.14. The van der Waals surface area contributed by atoms with Gasteiger partial charge in [0.2, 0.25) is 0 Å². The third-order valence-electron chi connectivity index (χ3n) is 5.25. The minimum absolute atomic E-state index is 0.280. The maximum absolute atomic E-state index is 12.6. The predicted octanol–water partition coefficient (Wildman–Crippen LogP) is 5.02. The van der Waals surface area contributed by atoms with Gasteiger partial charge in [0.15, 0.2) is 0 Å². The van der Waals surface area contributed by atoms with E-state index in [1.807, 2.05) is 0 Å². The van der Waals surface area contributed by atoms with Crippen LogP contribution in [0.25, 0.3) is 10.8 Å². The van der Waals surface area contributed by atoms with E-state index >= 15 is 0 Å². The molecule has 0 spiro atoms. The largest absolute Gasteiger partial charge is 0.299 e. The summed E-state index contributed by atoms with van der Waals surface area (Å²) >= 11 is 0. The van der Waals surface area contributed by atoms with Crippen LogP contribution in [0.5, 0.6) is 0 Å². The summed E-state index contributed by atoms with van der Waals surface area (Å²) in [6.45, 7) is 4.61. The molecule has 0 heterocycles. The number of rotatable bonds is 3. The first-order valence-electron chi connectivity index (χ1n) is 8.14. The van der Waals surface area contributed by atoms with E-state index in [1.165, 1.54) is 17.2 Å². The molecular weight excluding hydrogens is 256 g/mol. The molecule has 1 nitrogen and oxygen atoms in total. The molecule has 0 aromatic heterocycles. The fraction of sp³-hybridized carbons (Fsp3) is 0.450. The topological polar surface area (TPSA) is 17.1 Å². The van der Waals surface area contributed by atoms with Crippen molar-refractivity contribution in [1.82, 2.24) is 0 Å². The van der Waals surface area contributed by atoms with E-state index in [0.29, 0.717) is 18.1 Å². The summed E-state index contributed by atoms with van der Waals surface area (Å²) in [7, 11) is 0. The zero-order valence-corrected chi connectivity index (χ0v) is 13.0. The molecular formula is C20H24O. The first kappa shape index (κ1) is 14.3. The molecule has 3 unspecified atom stereocenters. The van der Waals surface area contributed by atoms with Crippen LogP contribution in [0.15, 0.2) is 42.5 Å². The summed E-state index contributed by atoms with van der Waals surface area (Å²) < 4.78 is 0. The maximum Gasteiger partial charge on any atom is 0.140 e. The zero-order valence-electron chi connectivity index (χ0n) is 13.0. The molecule has 0 aliphatic heterocycles. The van der Waals surface area contributed by atoms with Crippen LogP contribution < -0.4 is 0 Å². The van der Waals surface area contributed by atoms with Crippen molar-refractivity contribution in [2.75, 3.05) is 0 Å². The Kier molecular flexibility index (Phi) is 4.10. The number of fused-ring (bicyclic) bond motifs is 1. The van der Waals surface area contributed by atoms with Crippen molar-refractivity contribution in [2.24, 2.45) is 17.8 Å². The van der Waals surface area contributed by atoms with Crippen LogP contribution in [0.2, 0.25) is 0 Å². The molecule has 110 valence electrons. The average molecular weight is 280 g/mol. The number of Topliss-reactive ketones (excluding diaryl/α,β-unsaturated/α-hetero) is 1. The summed E-state index contributed by atoms with van der Waals surface area (Å²) in [5.74, 6) is 2.17. The number of hydrogen-bond acceptors (Lipinski definition) is 1. The number of carbonyl (C=O) groups excluding carboxylic acids is 1. The van der Waals surface area contributed by atoms with Gasteiger partial charge in [-0.1, -0.05) is 56.3 Å². The van der Waals surface area contributed by atoms with E-state index in [1.54, 1.807) is 0 Å². The summed E-state index contributed by atoms with van der Waals surface area (Å²) in [5, 5.41) is 2.47. The van der Waals surface area contributed by atoms with Crippen molar-refractivity contribution in [3.8, 4) is 0 Å². The quantitative estimate of drug-likeness (QED) is 0.771. The molecule has 0 amide bonds. The van der Waals surface area contributed by atoms with E-state index in [9.17, 15) is 4.79 Å². The fourth-order valence-corrected chi connectivity index (χ4v) is 3.53. The van der Waals surface area contributed by atoms with Gasteiger partial charge in [0.05, 0.1) is 0 Å². The molecule has 0 N–H and O–H groups in total. The van der Waals surface area contributed by atoms with Crippen molar-refractivity contribution in [2.45, 2.75) is 39.5 Å². The third kappa shape index (κ3) is 3.18. The molecule has 1 aliphatic carbocycles. The van der Waals surface area contributed by atoms with Crippen LogP contribution in [-0.2, 0) is 11.2 Å². The highest BCUT2D eigenvalue weighted by molar-refractivity contribution is 5.87. The Hall–Kier alpha value is -1.63. The highest BCUT2D eigenvalue weighted by atomic mass is 16.1. The van der Waals surface area contributed by atoms with Crippen LogP contribution in [0.4, 0.5) is 0 Å². The lowest BCUT2D eigenvalue weighted by atomic mass is 9.73. The Balaban J connectivity index is 1.71. The number of carbonyl (C=O) groups is 1. The van der Waals surface area contributed by atoms with Crippen molar-refractivity contribution >= 4 is 16.6 Å². The van der Waals surface area contributed by atoms with E-state index in [4.69, 9.17) is 0 Å². The van der Waals surface area contributed by atoms with Crippen LogP contribution in [0.1, 0.15) is 38.7 Å². The molecule has 1 aliphatic rings. The van der Waals surface area contributed by atoms with Gasteiger partial charge in [-0.15, -0.1) is 0 Å². The number of benzene rings is 2. The van der Waals surface area contributed by atoms with Gasteiger partial charge in [0, 0.05) is 12.3 Å². The highest BCUT2D eigenvalue weighted by Crippen LogP contribution is 2.34. The second-order valence-electron chi connectivity index (χ2n) is 6.79. The lowest BCUT2D eigenvalue weighted by Gasteiger charge is -2.31. The molecule has 0 bridgehead atoms. The van der Waals surface area contributed by atoms with Crippen LogP contribution in [0, 0.1) is 17.8 Å². The molecule has 1 fully saturated rings. The van der Waals surface area contributed by atoms with Crippen LogP contribution >= 0.6 is 0 Å². The molecule has 1 saturated carbocycles. The van der Waals surface area contributed by atoms with Gasteiger partial charge in [-0.2, -0.15) is 0 Å². The van der Waals surface area contributed by atoms with E-state index < -0.39 is 0 Å². The molecule has 21 heavy (non-hydrogen) atoms. The van der Waals surface area contributed by atoms with E-state index in [-0.39, 0.29) is 5.92 Å². The Bertz CT molecular complexity index is 643. The van der Waals surface area contributed by atoms with Crippen molar-refractivity contribution in [3.63, 3.8) is 0 Å². The summed E-state index contributed by atoms with van der Waals surface area (Å²) in [6, 6.07) is 14.7. The lowest BCUT2D eigenvalue weighted by Crippen LogP contribution is -2.27. The Morgan fingerprint density at radius 1 is 1.00 bits per heavy atom. The minimum Gasteiger partial charge on any atom is -0.299 e. The number of hydrogen-bond donors (Lipinski definition) is 0. The monoisotopic (exact) mass is 280 g/mol. The van der Waals surface area contributed by atoms with Gasteiger partial charge in [-0.05, 0) is 47.4 Å². The smallest absolute Gasteiger partial charge is 0.140 e. The molecule has 3 atom stereocenters. The minimum atomic E-state index is 0.280. The van der Waals surface area contributed by atoms with Crippen molar-refractivity contribution in [1.29, 1.82) is 0 Å². The average Bonchev–Trinajstić information content (AvgIpc) is 2.50. The third-order valence-corrected chi connectivity index (χ3v) is 5.25. The van der Waals surface area contributed by atoms with Gasteiger partial charge in [0.1, 0.15) is 5.78 Å². The Morgan fingerprint density at radius 2 is 1.76 bits per heavy atom. The molecule has 2 aromatic carbocycles. The molecule has 0 radical (unpaired) electrons. The molecule has 1 heteroatoms. The fourth-order valence-electron chi connectivity index (χ4n) is 3.53. The van der Waals surface area contributed by atoms with E-state index in [0.717, 1.165) is 24.3 Å². The Morgan fingerprint density at radius 3 is 2.52 bits per heavy atom. The second kappa shape index (κ2) is 6.01. The SMILES string of the molecule is CC1CCC(C(=O)Cc2ccc3ccccc3c2)CC1C. The Labute approximate surface area is 127 Å². The highest BCUT2D eigenvalue weighted by Gasteiger charge is 2.28. The van der Waals surface area contributed by atoms with Gasteiger partial charge in [-0.3, -0.25) is 4.79 Å². The zero-order chi connectivity index (χ0) is 14.8. The van der Waals surface area contributed by atoms with Crippen LogP contribution in [0.3, 0.4) is 0 Å². The molecule has 3 rings (SSSR count). The standard InChI is InChI=1S/C20H24O/c1-14-7-9-19(11-15(14)2)20(21)13-16-8-10-17-5-3-4-6-18(17)12-16/h3-6,8,10,12,14-15,19H,7,9,11,13H2,1-2H3. The van der Waals surface area contributed by atoms with E-state index in [2.05, 4.69) is 56.3 Å². The second-order valence-corrected chi connectivity index (χ2v) is 6.79. The number of ketones is 1. The summed E-state index contributed by atoms with van der Waals surface area (Å²) in [6.07, 6.45) is 3.96. The van der Waals surface area contributed by atoms with Crippen molar-refractivity contribution in [3.05, 3.63) is 48.0 Å². The van der Waals surface area contributed by atoms with Crippen molar-refractivity contribution < 1.29 is 4.79 Å². The first-order chi connectivity index (χ1) is 10.1. The maximum atomic E-state index is 12.6. The normalized spacial score (nSPS) is 25.9. The summed E-state index contributed by atoms with van der Waals surface area (Å²) in [4.78, 5) is 12.6. The van der Waals surface area contributed by atoms with Gasteiger partial charge >= 0.3 is 0 Å². The predicted molar refractivity (Wildman–Crippen MR) is 88.3 cm³/mol. The lowest BCUT2D eigenvalue weighted by molar-refractivity contribution is -0.123. The molecule has 2 aromatic rings.